The molecule has 2 fully saturated rings. The first-order chi connectivity index (χ1) is 24.6. The highest BCUT2D eigenvalue weighted by Crippen LogP contribution is 2.37. The number of allylic oxidation sites excluding steroid dienone is 1. The normalized spacial score (nSPS) is 18.5. The van der Waals surface area contributed by atoms with Crippen LogP contribution in [0, 0.1) is 0 Å². The molecule has 0 aromatic heterocycles. The smallest absolute Gasteiger partial charge is 0.263 e. The lowest BCUT2D eigenvalue weighted by Crippen LogP contribution is -2.54. The number of imide groups is 2. The Balaban J connectivity index is 1.05. The minimum atomic E-state index is -1.00. The van der Waals surface area contributed by atoms with Crippen molar-refractivity contribution in [3.8, 4) is 11.5 Å². The number of hydrogen-bond donors (Lipinski definition) is 3. The molecule has 3 heterocycles. The van der Waals surface area contributed by atoms with Crippen LogP contribution >= 0.6 is 15.9 Å². The van der Waals surface area contributed by atoms with Crippen LogP contribution in [0.25, 0.3) is 11.1 Å². The van der Waals surface area contributed by atoms with E-state index in [1.54, 1.807) is 30.3 Å². The predicted octanol–water partition coefficient (Wildman–Crippen LogP) is 5.95. The fourth-order valence-electron chi connectivity index (χ4n) is 7.26. The van der Waals surface area contributed by atoms with Crippen LogP contribution in [0.3, 0.4) is 0 Å². The Morgan fingerprint density at radius 1 is 0.765 bits per heavy atom. The van der Waals surface area contributed by atoms with Gasteiger partial charge >= 0.3 is 0 Å². The van der Waals surface area contributed by atoms with Crippen molar-refractivity contribution in [2.75, 3.05) is 31.1 Å². The Bertz CT molecular complexity index is 2050. The summed E-state index contributed by atoms with van der Waals surface area (Å²) in [5.41, 5.74) is 7.79. The molecule has 4 amide bonds. The van der Waals surface area contributed by atoms with Gasteiger partial charge < -0.3 is 15.1 Å². The van der Waals surface area contributed by atoms with E-state index in [-0.39, 0.29) is 35.5 Å². The third-order valence-electron chi connectivity index (χ3n) is 9.94. The lowest BCUT2D eigenvalue weighted by Gasteiger charge is -2.36. The van der Waals surface area contributed by atoms with Crippen LogP contribution in [0.15, 0.2) is 89.4 Å². The second kappa shape index (κ2) is 14.2. The van der Waals surface area contributed by atoms with Crippen molar-refractivity contribution < 1.29 is 29.4 Å². The summed E-state index contributed by atoms with van der Waals surface area (Å²) in [7, 11) is 0. The summed E-state index contributed by atoms with van der Waals surface area (Å²) in [6.07, 6.45) is 0.960. The summed E-state index contributed by atoms with van der Waals surface area (Å²) >= 11 is 3.61. The topological polar surface area (TPSA) is 130 Å². The van der Waals surface area contributed by atoms with Crippen LogP contribution in [0.1, 0.15) is 69.2 Å². The van der Waals surface area contributed by atoms with Gasteiger partial charge in [0.1, 0.15) is 17.5 Å². The molecule has 51 heavy (non-hydrogen) atoms. The van der Waals surface area contributed by atoms with E-state index in [4.69, 9.17) is 0 Å². The highest BCUT2D eigenvalue weighted by atomic mass is 79.9. The minimum Gasteiger partial charge on any atom is -0.508 e. The molecule has 0 bridgehead atoms. The SMILES string of the molecule is CCC(=C(c1ccc(O)cc1)c1ccc(N2CCN(Cc3ccc4c(c3Br)C(=O)N(C3CCC(=O)NC3=O)C4=O)CC2)cc1)c1ccc(O)cc1. The van der Waals surface area contributed by atoms with Gasteiger partial charge in [-0.25, -0.2) is 0 Å². The van der Waals surface area contributed by atoms with Crippen molar-refractivity contribution in [1.82, 2.24) is 15.1 Å². The molecular weight excluding hydrogens is 712 g/mol. The number of rotatable bonds is 8. The first-order valence-corrected chi connectivity index (χ1v) is 17.8. The van der Waals surface area contributed by atoms with E-state index < -0.39 is 29.7 Å². The molecule has 4 aromatic carbocycles. The van der Waals surface area contributed by atoms with Crippen LogP contribution in [0.5, 0.6) is 11.5 Å². The number of benzene rings is 4. The van der Waals surface area contributed by atoms with Gasteiger partial charge in [-0.2, -0.15) is 0 Å². The third kappa shape index (κ3) is 6.66. The fourth-order valence-corrected chi connectivity index (χ4v) is 7.90. The van der Waals surface area contributed by atoms with Crippen LogP contribution in [-0.2, 0) is 16.1 Å². The average molecular weight is 750 g/mol. The number of hydrogen-bond acceptors (Lipinski definition) is 8. The summed E-state index contributed by atoms with van der Waals surface area (Å²) in [6.45, 7) is 5.89. The number of halogens is 1. The maximum atomic E-state index is 13.5. The third-order valence-corrected chi connectivity index (χ3v) is 10.8. The Labute approximate surface area is 304 Å². The molecule has 2 saturated heterocycles. The lowest BCUT2D eigenvalue weighted by atomic mass is 9.88. The van der Waals surface area contributed by atoms with Crippen LogP contribution < -0.4 is 10.2 Å². The first kappa shape index (κ1) is 34.2. The number of piperidine rings is 1. The van der Waals surface area contributed by atoms with Crippen molar-refractivity contribution >= 4 is 56.4 Å². The van der Waals surface area contributed by atoms with Gasteiger partial charge in [-0.1, -0.05) is 49.4 Å². The molecule has 4 aromatic rings. The van der Waals surface area contributed by atoms with Crippen molar-refractivity contribution in [2.24, 2.45) is 0 Å². The number of phenolic OH excluding ortho intramolecular Hbond substituents is 2. The number of amides is 4. The number of fused-ring (bicyclic) bond motifs is 1. The summed E-state index contributed by atoms with van der Waals surface area (Å²) in [4.78, 5) is 56.4. The van der Waals surface area contributed by atoms with Gasteiger partial charge in [0.05, 0.1) is 11.1 Å². The number of nitrogens with zero attached hydrogens (tertiary/aromatic N) is 3. The minimum absolute atomic E-state index is 0.0745. The molecule has 0 saturated carbocycles. The molecule has 0 radical (unpaired) electrons. The molecule has 0 spiro atoms. The van der Waals surface area contributed by atoms with Gasteiger partial charge in [-0.15, -0.1) is 0 Å². The molecule has 260 valence electrons. The molecule has 7 rings (SSSR count). The molecule has 3 N–H and O–H groups in total. The molecular formula is C40H37BrN4O6. The monoisotopic (exact) mass is 748 g/mol. The zero-order valence-corrected chi connectivity index (χ0v) is 29.7. The molecule has 1 atom stereocenters. The van der Waals surface area contributed by atoms with Gasteiger partial charge in [0.25, 0.3) is 11.8 Å². The predicted molar refractivity (Wildman–Crippen MR) is 197 cm³/mol. The molecule has 1 unspecified atom stereocenters. The molecule has 3 aliphatic rings. The number of nitrogens with one attached hydrogen (secondary N) is 1. The van der Waals surface area contributed by atoms with E-state index in [0.29, 0.717) is 11.0 Å². The second-order valence-corrected chi connectivity index (χ2v) is 13.8. The maximum absolute atomic E-state index is 13.5. The number of aromatic hydroxyl groups is 2. The quantitative estimate of drug-likeness (QED) is 0.149. The summed E-state index contributed by atoms with van der Waals surface area (Å²) < 4.78 is 0.558. The zero-order chi connectivity index (χ0) is 35.8. The van der Waals surface area contributed by atoms with Crippen molar-refractivity contribution in [2.45, 2.75) is 38.8 Å². The Morgan fingerprint density at radius 3 is 1.94 bits per heavy atom. The lowest BCUT2D eigenvalue weighted by molar-refractivity contribution is -0.136. The Kier molecular flexibility index (Phi) is 9.50. The number of carbonyl (C=O) groups is 4. The Morgan fingerprint density at radius 2 is 1.35 bits per heavy atom. The summed E-state index contributed by atoms with van der Waals surface area (Å²) in [6, 6.07) is 25.6. The largest absolute Gasteiger partial charge is 0.508 e. The molecule has 10 nitrogen and oxygen atoms in total. The van der Waals surface area contributed by atoms with Gasteiger partial charge in [0, 0.05) is 49.3 Å². The standard InChI is InChI=1S/C40H37BrN4O6/c1-2-31(24-5-12-29(46)13-6-24)35(26-7-14-30(47)15-8-26)25-3-10-28(11-4-25)44-21-19-43(20-22-44)23-27-9-16-32-36(37(27)41)40(51)45(39(32)50)33-17-18-34(48)42-38(33)49/h3-16,33,46-47H,2,17-23H2,1H3,(H,42,48,49). The van der Waals surface area contributed by atoms with Crippen LogP contribution in [-0.4, -0.2) is 75.9 Å². The molecule has 0 aliphatic carbocycles. The number of piperazine rings is 1. The number of carbonyl (C=O) groups excluding carboxylic acids is 4. The van der Waals surface area contributed by atoms with Gasteiger partial charge in [0.2, 0.25) is 11.8 Å². The van der Waals surface area contributed by atoms with E-state index in [0.717, 1.165) is 76.6 Å². The highest BCUT2D eigenvalue weighted by molar-refractivity contribution is 9.10. The van der Waals surface area contributed by atoms with Gasteiger partial charge in [-0.3, -0.25) is 34.3 Å². The maximum Gasteiger partial charge on any atom is 0.263 e. The molecule has 11 heteroatoms. The van der Waals surface area contributed by atoms with E-state index >= 15 is 0 Å². The van der Waals surface area contributed by atoms with Crippen molar-refractivity contribution in [1.29, 1.82) is 0 Å². The van der Waals surface area contributed by atoms with Gasteiger partial charge in [-0.05, 0) is 105 Å². The van der Waals surface area contributed by atoms with Crippen molar-refractivity contribution in [3.63, 3.8) is 0 Å². The average Bonchev–Trinajstić information content (AvgIpc) is 3.39. The molecule has 3 aliphatic heterocycles. The summed E-state index contributed by atoms with van der Waals surface area (Å²) in [5, 5.41) is 22.1. The van der Waals surface area contributed by atoms with E-state index in [2.05, 4.69) is 62.2 Å². The second-order valence-electron chi connectivity index (χ2n) is 13.0. The number of phenols is 2. The highest BCUT2D eigenvalue weighted by Gasteiger charge is 2.45. The van der Waals surface area contributed by atoms with Gasteiger partial charge in [0.15, 0.2) is 0 Å². The summed E-state index contributed by atoms with van der Waals surface area (Å²) in [5.74, 6) is -1.65. The number of anilines is 1. The van der Waals surface area contributed by atoms with Crippen molar-refractivity contribution in [3.05, 3.63) is 123 Å². The fraction of sp³-hybridized carbons (Fsp3) is 0.250. The van der Waals surface area contributed by atoms with E-state index in [1.165, 1.54) is 0 Å². The Hall–Kier alpha value is -5.26. The first-order valence-electron chi connectivity index (χ1n) is 17.1. The van der Waals surface area contributed by atoms with E-state index in [9.17, 15) is 29.4 Å². The zero-order valence-electron chi connectivity index (χ0n) is 28.1. The van der Waals surface area contributed by atoms with Crippen LogP contribution in [0.2, 0.25) is 0 Å². The van der Waals surface area contributed by atoms with Crippen LogP contribution in [0.4, 0.5) is 5.69 Å². The van der Waals surface area contributed by atoms with E-state index in [1.807, 2.05) is 30.3 Å².